The van der Waals surface area contributed by atoms with E-state index in [1.54, 1.807) is 13.0 Å². The van der Waals surface area contributed by atoms with Gasteiger partial charge in [-0.3, -0.25) is 4.98 Å². The molecule has 3 nitrogen and oxygen atoms in total. The molecule has 1 heterocycles. The van der Waals surface area contributed by atoms with Gasteiger partial charge in [-0.1, -0.05) is 0 Å². The van der Waals surface area contributed by atoms with E-state index in [9.17, 15) is 8.78 Å². The summed E-state index contributed by atoms with van der Waals surface area (Å²) in [4.78, 5) is 3.72. The van der Waals surface area contributed by atoms with Crippen LogP contribution in [0.2, 0.25) is 0 Å². The van der Waals surface area contributed by atoms with Crippen molar-refractivity contribution in [1.29, 1.82) is 5.26 Å². The Morgan fingerprint density at radius 2 is 2.21 bits per heavy atom. The summed E-state index contributed by atoms with van der Waals surface area (Å²) >= 11 is 0. The predicted octanol–water partition coefficient (Wildman–Crippen LogP) is 2.21. The number of halogens is 2. The molecule has 0 spiro atoms. The summed E-state index contributed by atoms with van der Waals surface area (Å²) in [5.41, 5.74) is -0.113. The van der Waals surface area contributed by atoms with E-state index >= 15 is 0 Å². The van der Waals surface area contributed by atoms with Gasteiger partial charge in [-0.05, 0) is 6.92 Å². The number of nitriles is 1. The number of alkyl halides is 2. The van der Waals surface area contributed by atoms with Crippen LogP contribution in [0.3, 0.4) is 0 Å². The Labute approximate surface area is 79.9 Å². The van der Waals surface area contributed by atoms with Gasteiger partial charge in [0.15, 0.2) is 5.75 Å². The summed E-state index contributed by atoms with van der Waals surface area (Å²) in [7, 11) is 1.32. The van der Waals surface area contributed by atoms with Crippen molar-refractivity contribution < 1.29 is 13.5 Å². The summed E-state index contributed by atoms with van der Waals surface area (Å²) < 4.78 is 29.7. The molecule has 1 rings (SSSR count). The standard InChI is InChI=1S/C9H8F2N2O/c1-5-8(14-2)6(3-12)7(4-13-5)9(10)11/h4,9H,1-2H3. The second-order valence-electron chi connectivity index (χ2n) is 2.62. The van der Waals surface area contributed by atoms with Crippen LogP contribution in [-0.2, 0) is 0 Å². The lowest BCUT2D eigenvalue weighted by Crippen LogP contribution is -2.00. The van der Waals surface area contributed by atoms with Crippen LogP contribution < -0.4 is 4.74 Å². The first-order valence-electron chi connectivity index (χ1n) is 3.83. The number of hydrogen-bond acceptors (Lipinski definition) is 3. The number of ether oxygens (including phenoxy) is 1. The molecular weight excluding hydrogens is 190 g/mol. The Morgan fingerprint density at radius 1 is 1.57 bits per heavy atom. The van der Waals surface area contributed by atoms with Crippen molar-refractivity contribution in [3.63, 3.8) is 0 Å². The molecule has 0 bridgehead atoms. The third-order valence-corrected chi connectivity index (χ3v) is 1.79. The van der Waals surface area contributed by atoms with Crippen LogP contribution in [0.15, 0.2) is 6.20 Å². The van der Waals surface area contributed by atoms with E-state index < -0.39 is 12.0 Å². The van der Waals surface area contributed by atoms with Gasteiger partial charge in [0.2, 0.25) is 0 Å². The maximum atomic E-state index is 12.4. The highest BCUT2D eigenvalue weighted by Crippen LogP contribution is 2.30. The van der Waals surface area contributed by atoms with Crippen LogP contribution in [0.4, 0.5) is 8.78 Å². The molecule has 0 aliphatic rings. The molecule has 0 unspecified atom stereocenters. The van der Waals surface area contributed by atoms with Crippen LogP contribution in [0.25, 0.3) is 0 Å². The Balaban J connectivity index is 3.43. The lowest BCUT2D eigenvalue weighted by molar-refractivity contribution is 0.150. The highest BCUT2D eigenvalue weighted by molar-refractivity contribution is 5.50. The molecule has 74 valence electrons. The minimum absolute atomic E-state index is 0.116. The number of aromatic nitrogens is 1. The molecule has 0 aromatic carbocycles. The molecule has 0 radical (unpaired) electrons. The van der Waals surface area contributed by atoms with Crippen molar-refractivity contribution in [3.8, 4) is 11.8 Å². The van der Waals surface area contributed by atoms with E-state index in [1.165, 1.54) is 7.11 Å². The van der Waals surface area contributed by atoms with Gasteiger partial charge in [0.25, 0.3) is 6.43 Å². The maximum Gasteiger partial charge on any atom is 0.266 e. The second kappa shape index (κ2) is 4.01. The molecule has 1 aromatic rings. The number of nitrogens with zero attached hydrogens (tertiary/aromatic N) is 2. The first-order valence-corrected chi connectivity index (χ1v) is 3.83. The normalized spacial score (nSPS) is 10.0. The van der Waals surface area contributed by atoms with E-state index in [0.717, 1.165) is 6.20 Å². The molecule has 14 heavy (non-hydrogen) atoms. The molecule has 5 heteroatoms. The minimum atomic E-state index is -2.72. The Bertz CT molecular complexity index is 385. The predicted molar refractivity (Wildman–Crippen MR) is 45.2 cm³/mol. The molecule has 0 saturated carbocycles. The Morgan fingerprint density at radius 3 is 2.64 bits per heavy atom. The lowest BCUT2D eigenvalue weighted by atomic mass is 10.1. The largest absolute Gasteiger partial charge is 0.493 e. The fraction of sp³-hybridized carbons (Fsp3) is 0.333. The van der Waals surface area contributed by atoms with Crippen LogP contribution >= 0.6 is 0 Å². The van der Waals surface area contributed by atoms with Crippen molar-refractivity contribution in [1.82, 2.24) is 4.98 Å². The molecule has 0 N–H and O–H groups in total. The van der Waals surface area contributed by atoms with Crippen LogP contribution in [0, 0.1) is 18.3 Å². The average Bonchev–Trinajstić information content (AvgIpc) is 2.16. The van der Waals surface area contributed by atoms with E-state index in [0.29, 0.717) is 5.69 Å². The summed E-state index contributed by atoms with van der Waals surface area (Å²) in [6.07, 6.45) is -1.72. The van der Waals surface area contributed by atoms with Crippen LogP contribution in [0.5, 0.6) is 5.75 Å². The Kier molecular flexibility index (Phi) is 2.97. The Hall–Kier alpha value is -1.70. The van der Waals surface area contributed by atoms with Crippen LogP contribution in [-0.4, -0.2) is 12.1 Å². The highest BCUT2D eigenvalue weighted by atomic mass is 19.3. The summed E-state index contributed by atoms with van der Waals surface area (Å²) in [5.74, 6) is 0.116. The fourth-order valence-electron chi connectivity index (χ4n) is 1.13. The summed E-state index contributed by atoms with van der Waals surface area (Å²) in [5, 5.41) is 8.71. The molecule has 0 fully saturated rings. The van der Waals surface area contributed by atoms with Gasteiger partial charge in [0, 0.05) is 6.20 Å². The van der Waals surface area contributed by atoms with E-state index in [2.05, 4.69) is 4.98 Å². The van der Waals surface area contributed by atoms with Crippen molar-refractivity contribution in [2.75, 3.05) is 7.11 Å². The van der Waals surface area contributed by atoms with Crippen LogP contribution in [0.1, 0.15) is 23.2 Å². The van der Waals surface area contributed by atoms with E-state index in [1.807, 2.05) is 0 Å². The third kappa shape index (κ3) is 1.64. The highest BCUT2D eigenvalue weighted by Gasteiger charge is 2.19. The number of pyridine rings is 1. The summed E-state index contributed by atoms with van der Waals surface area (Å²) in [6.45, 7) is 1.59. The van der Waals surface area contributed by atoms with Gasteiger partial charge in [-0.15, -0.1) is 0 Å². The number of rotatable bonds is 2. The third-order valence-electron chi connectivity index (χ3n) is 1.79. The molecule has 1 aromatic heterocycles. The van der Waals surface area contributed by atoms with Gasteiger partial charge in [-0.2, -0.15) is 5.26 Å². The molecule has 0 amide bonds. The van der Waals surface area contributed by atoms with Gasteiger partial charge in [0.1, 0.15) is 11.6 Å². The number of aryl methyl sites for hydroxylation is 1. The van der Waals surface area contributed by atoms with Gasteiger partial charge in [0.05, 0.1) is 18.4 Å². The van der Waals surface area contributed by atoms with Crippen molar-refractivity contribution in [2.45, 2.75) is 13.3 Å². The molecule has 0 saturated heterocycles. The smallest absolute Gasteiger partial charge is 0.266 e. The quantitative estimate of drug-likeness (QED) is 0.731. The zero-order chi connectivity index (χ0) is 10.7. The van der Waals surface area contributed by atoms with Gasteiger partial charge >= 0.3 is 0 Å². The first-order chi connectivity index (χ1) is 6.61. The molecule has 0 aliphatic carbocycles. The molecular formula is C9H8F2N2O. The zero-order valence-electron chi connectivity index (χ0n) is 7.71. The second-order valence-corrected chi connectivity index (χ2v) is 2.62. The van der Waals surface area contributed by atoms with Crippen molar-refractivity contribution >= 4 is 0 Å². The van der Waals surface area contributed by atoms with Gasteiger partial charge < -0.3 is 4.74 Å². The summed E-state index contributed by atoms with van der Waals surface area (Å²) in [6, 6.07) is 1.69. The number of hydrogen-bond donors (Lipinski definition) is 0. The van der Waals surface area contributed by atoms with Crippen molar-refractivity contribution in [2.24, 2.45) is 0 Å². The zero-order valence-corrected chi connectivity index (χ0v) is 7.71. The fourth-order valence-corrected chi connectivity index (χ4v) is 1.13. The maximum absolute atomic E-state index is 12.4. The lowest BCUT2D eigenvalue weighted by Gasteiger charge is -2.09. The molecule has 0 atom stereocenters. The van der Waals surface area contributed by atoms with Crippen molar-refractivity contribution in [3.05, 3.63) is 23.0 Å². The topological polar surface area (TPSA) is 45.9 Å². The van der Waals surface area contributed by atoms with E-state index in [4.69, 9.17) is 10.00 Å². The monoisotopic (exact) mass is 198 g/mol. The SMILES string of the molecule is COc1c(C)ncc(C(F)F)c1C#N. The molecule has 0 aliphatic heterocycles. The number of methoxy groups -OCH3 is 1. The van der Waals surface area contributed by atoms with Gasteiger partial charge in [-0.25, -0.2) is 8.78 Å². The minimum Gasteiger partial charge on any atom is -0.493 e. The van der Waals surface area contributed by atoms with E-state index in [-0.39, 0.29) is 11.3 Å². The average molecular weight is 198 g/mol. The first kappa shape index (κ1) is 10.4.